The van der Waals surface area contributed by atoms with Crippen LogP contribution in [0.15, 0.2) is 53.6 Å². The lowest BCUT2D eigenvalue weighted by Gasteiger charge is -2.07. The maximum absolute atomic E-state index is 13.0. The molecule has 0 fully saturated rings. The first-order valence-corrected chi connectivity index (χ1v) is 8.18. The van der Waals surface area contributed by atoms with E-state index in [4.69, 9.17) is 4.74 Å². The predicted molar refractivity (Wildman–Crippen MR) is 98.3 cm³/mol. The maximum Gasteiger partial charge on any atom is 0.289 e. The van der Waals surface area contributed by atoms with Crippen molar-refractivity contribution < 1.29 is 19.0 Å². The van der Waals surface area contributed by atoms with Crippen molar-refractivity contribution in [2.24, 2.45) is 5.10 Å². The van der Waals surface area contributed by atoms with Gasteiger partial charge in [0, 0.05) is 11.1 Å². The summed E-state index contributed by atoms with van der Waals surface area (Å²) in [5, 5.41) is 20.6. The molecule has 0 atom stereocenters. The predicted octanol–water partition coefficient (Wildman–Crippen LogP) is 3.08. The summed E-state index contributed by atoms with van der Waals surface area (Å²) in [5.41, 5.74) is 4.12. The molecular weight excluding hydrogens is 351 g/mol. The van der Waals surface area contributed by atoms with Crippen LogP contribution in [0.2, 0.25) is 0 Å². The Morgan fingerprint density at radius 1 is 1.33 bits per heavy atom. The molecule has 3 rings (SSSR count). The van der Waals surface area contributed by atoms with Gasteiger partial charge in [0.2, 0.25) is 0 Å². The molecule has 0 aliphatic rings. The summed E-state index contributed by atoms with van der Waals surface area (Å²) in [6, 6.07) is 12.3. The summed E-state index contributed by atoms with van der Waals surface area (Å²) in [4.78, 5) is 12.1. The molecule has 0 aliphatic heterocycles. The van der Waals surface area contributed by atoms with Crippen molar-refractivity contribution in [1.82, 2.24) is 15.6 Å². The highest BCUT2D eigenvalue weighted by Crippen LogP contribution is 2.28. The van der Waals surface area contributed by atoms with E-state index in [-0.39, 0.29) is 17.3 Å². The first kappa shape index (κ1) is 18.1. The first-order chi connectivity index (χ1) is 13.1. The topological polar surface area (TPSA) is 99.6 Å². The lowest BCUT2D eigenvalue weighted by Crippen LogP contribution is -2.18. The Morgan fingerprint density at radius 3 is 2.85 bits per heavy atom. The number of hydrogen-bond acceptors (Lipinski definition) is 5. The van der Waals surface area contributed by atoms with Gasteiger partial charge in [0.15, 0.2) is 11.5 Å². The van der Waals surface area contributed by atoms with Crippen LogP contribution in [0.4, 0.5) is 4.39 Å². The number of amides is 1. The van der Waals surface area contributed by atoms with E-state index >= 15 is 0 Å². The minimum atomic E-state index is -0.507. The van der Waals surface area contributed by atoms with Crippen LogP contribution >= 0.6 is 0 Å². The van der Waals surface area contributed by atoms with Gasteiger partial charge < -0.3 is 9.84 Å². The Bertz CT molecular complexity index is 967. The smallest absolute Gasteiger partial charge is 0.289 e. The van der Waals surface area contributed by atoms with E-state index in [1.165, 1.54) is 24.4 Å². The molecule has 8 heteroatoms. The summed E-state index contributed by atoms with van der Waals surface area (Å²) >= 11 is 0. The average molecular weight is 368 g/mol. The van der Waals surface area contributed by atoms with Gasteiger partial charge in [-0.05, 0) is 49.4 Å². The highest BCUT2D eigenvalue weighted by atomic mass is 19.1. The number of H-pyrrole nitrogens is 1. The molecule has 3 aromatic rings. The van der Waals surface area contributed by atoms with Gasteiger partial charge in [0.25, 0.3) is 5.91 Å². The summed E-state index contributed by atoms with van der Waals surface area (Å²) in [7, 11) is 0. The van der Waals surface area contributed by atoms with Gasteiger partial charge in [-0.1, -0.05) is 6.07 Å². The number of halogens is 1. The molecule has 1 aromatic heterocycles. The fraction of sp³-hybridized carbons (Fsp3) is 0.105. The fourth-order valence-electron chi connectivity index (χ4n) is 2.34. The molecule has 138 valence electrons. The van der Waals surface area contributed by atoms with Gasteiger partial charge in [-0.15, -0.1) is 0 Å². The number of aromatic amines is 1. The molecule has 0 radical (unpaired) electrons. The Morgan fingerprint density at radius 2 is 2.11 bits per heavy atom. The van der Waals surface area contributed by atoms with Crippen LogP contribution in [-0.4, -0.2) is 34.0 Å². The minimum absolute atomic E-state index is 0.0579. The van der Waals surface area contributed by atoms with E-state index < -0.39 is 5.91 Å². The first-order valence-electron chi connectivity index (χ1n) is 8.18. The number of rotatable bonds is 6. The highest BCUT2D eigenvalue weighted by Gasteiger charge is 2.11. The van der Waals surface area contributed by atoms with E-state index in [9.17, 15) is 14.3 Å². The maximum atomic E-state index is 13.0. The minimum Gasteiger partial charge on any atom is -0.504 e. The number of phenolic OH excluding ortho intramolecular Hbond substituents is 1. The van der Waals surface area contributed by atoms with Gasteiger partial charge >= 0.3 is 0 Å². The quantitative estimate of drug-likeness (QED) is 0.460. The number of carbonyl (C=O) groups excluding carboxylic acids is 1. The zero-order valence-corrected chi connectivity index (χ0v) is 14.4. The number of phenols is 1. The number of hydrazone groups is 1. The molecule has 0 bridgehead atoms. The normalized spacial score (nSPS) is 10.9. The number of nitrogens with zero attached hydrogens (tertiary/aromatic N) is 2. The largest absolute Gasteiger partial charge is 0.504 e. The number of ether oxygens (including phenoxy) is 1. The standard InChI is InChI=1S/C19H17FN4O3/c1-2-27-17-5-3-4-13(18(17)25)11-21-24-19(26)16-10-15(22-23-16)12-6-8-14(20)9-7-12/h3-11,25H,2H2,1H3,(H,22,23)(H,24,26). The number of carbonyl (C=O) groups is 1. The van der Waals surface area contributed by atoms with E-state index in [0.717, 1.165) is 0 Å². The Balaban J connectivity index is 1.67. The van der Waals surface area contributed by atoms with Gasteiger partial charge in [0.1, 0.15) is 11.5 Å². The number of para-hydroxylation sites is 1. The molecule has 27 heavy (non-hydrogen) atoms. The van der Waals surface area contributed by atoms with Crippen LogP contribution in [0, 0.1) is 5.82 Å². The van der Waals surface area contributed by atoms with Crippen molar-refractivity contribution in [1.29, 1.82) is 0 Å². The molecular formula is C19H17FN4O3. The molecule has 0 unspecified atom stereocenters. The summed E-state index contributed by atoms with van der Waals surface area (Å²) in [6.07, 6.45) is 1.31. The third-order valence-corrected chi connectivity index (χ3v) is 3.66. The van der Waals surface area contributed by atoms with Crippen LogP contribution in [0.3, 0.4) is 0 Å². The fourth-order valence-corrected chi connectivity index (χ4v) is 2.34. The van der Waals surface area contributed by atoms with E-state index in [1.807, 2.05) is 6.92 Å². The molecule has 0 saturated carbocycles. The molecule has 0 aliphatic carbocycles. The van der Waals surface area contributed by atoms with Gasteiger partial charge in [0.05, 0.1) is 18.5 Å². The molecule has 1 heterocycles. The number of hydrogen-bond donors (Lipinski definition) is 3. The molecule has 7 nitrogen and oxygen atoms in total. The number of nitrogens with one attached hydrogen (secondary N) is 2. The van der Waals surface area contributed by atoms with E-state index in [1.54, 1.807) is 30.3 Å². The van der Waals surface area contributed by atoms with Gasteiger partial charge in [-0.2, -0.15) is 10.2 Å². The number of benzene rings is 2. The summed E-state index contributed by atoms with van der Waals surface area (Å²) in [5.74, 6) is -0.575. The third kappa shape index (κ3) is 4.30. The Labute approximate surface area is 154 Å². The van der Waals surface area contributed by atoms with Crippen LogP contribution < -0.4 is 10.2 Å². The molecule has 1 amide bonds. The second kappa shape index (κ2) is 8.13. The highest BCUT2D eigenvalue weighted by molar-refractivity contribution is 5.94. The average Bonchev–Trinajstić information content (AvgIpc) is 3.15. The molecule has 2 aromatic carbocycles. The van der Waals surface area contributed by atoms with Crippen molar-refractivity contribution in [3.8, 4) is 22.8 Å². The van der Waals surface area contributed by atoms with Crippen molar-refractivity contribution in [3.63, 3.8) is 0 Å². The van der Waals surface area contributed by atoms with E-state index in [0.29, 0.717) is 29.2 Å². The summed E-state index contributed by atoms with van der Waals surface area (Å²) in [6.45, 7) is 2.23. The third-order valence-electron chi connectivity index (χ3n) is 3.66. The molecule has 3 N–H and O–H groups in total. The number of aromatic nitrogens is 2. The monoisotopic (exact) mass is 368 g/mol. The second-order valence-corrected chi connectivity index (χ2v) is 5.50. The van der Waals surface area contributed by atoms with Crippen molar-refractivity contribution in [2.45, 2.75) is 6.92 Å². The molecule has 0 saturated heterocycles. The van der Waals surface area contributed by atoms with Crippen LogP contribution in [0.1, 0.15) is 23.0 Å². The van der Waals surface area contributed by atoms with Crippen molar-refractivity contribution in [3.05, 3.63) is 65.6 Å². The SMILES string of the molecule is CCOc1cccc(C=NNC(=O)c2cc(-c3ccc(F)cc3)n[nH]2)c1O. The zero-order chi connectivity index (χ0) is 19.2. The van der Waals surface area contributed by atoms with Crippen molar-refractivity contribution in [2.75, 3.05) is 6.61 Å². The zero-order valence-electron chi connectivity index (χ0n) is 14.4. The molecule has 0 spiro atoms. The lowest BCUT2D eigenvalue weighted by atomic mass is 10.1. The van der Waals surface area contributed by atoms with Crippen LogP contribution in [0.25, 0.3) is 11.3 Å². The lowest BCUT2D eigenvalue weighted by molar-refractivity contribution is 0.0950. The number of aromatic hydroxyl groups is 1. The Kier molecular flexibility index (Phi) is 5.46. The van der Waals surface area contributed by atoms with Crippen LogP contribution in [0.5, 0.6) is 11.5 Å². The second-order valence-electron chi connectivity index (χ2n) is 5.50. The van der Waals surface area contributed by atoms with Crippen molar-refractivity contribution >= 4 is 12.1 Å². The Hall–Kier alpha value is -3.68. The summed E-state index contributed by atoms with van der Waals surface area (Å²) < 4.78 is 18.3. The van der Waals surface area contributed by atoms with E-state index in [2.05, 4.69) is 20.7 Å². The van der Waals surface area contributed by atoms with Gasteiger partial charge in [-0.25, -0.2) is 9.82 Å². The van der Waals surface area contributed by atoms with Gasteiger partial charge in [-0.3, -0.25) is 9.89 Å². The van der Waals surface area contributed by atoms with Crippen LogP contribution in [-0.2, 0) is 0 Å².